The highest BCUT2D eigenvalue weighted by atomic mass is 32.2. The summed E-state index contributed by atoms with van der Waals surface area (Å²) in [5.41, 5.74) is 3.46. The highest BCUT2D eigenvalue weighted by Crippen LogP contribution is 2.26. The number of sulfonamides is 1. The Morgan fingerprint density at radius 1 is 0.871 bits per heavy atom. The molecule has 0 bridgehead atoms. The standard InChI is InChI=1S/C25H28N2O3S/c1-4-23(27(31(3,29)30)22-13-9-6-10-14-22)25(28)26-24(20-11-7-5-8-12-20)21-17-15-19(2)16-18-21/h5-18,23-24H,4H2,1-3H3,(H,26,28)/t23-,24-/m0/s1. The summed E-state index contributed by atoms with van der Waals surface area (Å²) in [5.74, 6) is -0.341. The second kappa shape index (κ2) is 9.79. The van der Waals surface area contributed by atoms with Gasteiger partial charge in [0.1, 0.15) is 6.04 Å². The van der Waals surface area contributed by atoms with Gasteiger partial charge in [0.15, 0.2) is 0 Å². The van der Waals surface area contributed by atoms with Crippen molar-refractivity contribution in [2.24, 2.45) is 0 Å². The number of carbonyl (C=O) groups is 1. The lowest BCUT2D eigenvalue weighted by Gasteiger charge is -2.31. The van der Waals surface area contributed by atoms with Crippen molar-refractivity contribution in [2.45, 2.75) is 32.4 Å². The van der Waals surface area contributed by atoms with Gasteiger partial charge in [-0.25, -0.2) is 8.42 Å². The van der Waals surface area contributed by atoms with Crippen LogP contribution in [0.25, 0.3) is 0 Å². The van der Waals surface area contributed by atoms with E-state index in [0.717, 1.165) is 22.9 Å². The zero-order chi connectivity index (χ0) is 22.4. The maximum atomic E-state index is 13.4. The van der Waals surface area contributed by atoms with Gasteiger partial charge in [-0.05, 0) is 36.6 Å². The summed E-state index contributed by atoms with van der Waals surface area (Å²) < 4.78 is 26.5. The van der Waals surface area contributed by atoms with E-state index in [1.54, 1.807) is 24.3 Å². The highest BCUT2D eigenvalue weighted by Gasteiger charge is 2.32. The molecule has 3 aromatic carbocycles. The summed E-state index contributed by atoms with van der Waals surface area (Å²) in [6.07, 6.45) is 1.47. The van der Waals surface area contributed by atoms with E-state index in [1.165, 1.54) is 4.31 Å². The molecule has 0 unspecified atom stereocenters. The summed E-state index contributed by atoms with van der Waals surface area (Å²) in [5, 5.41) is 3.10. The summed E-state index contributed by atoms with van der Waals surface area (Å²) >= 11 is 0. The van der Waals surface area contributed by atoms with Crippen molar-refractivity contribution in [3.05, 3.63) is 102 Å². The Kier molecular flexibility index (Phi) is 7.13. The molecule has 6 heteroatoms. The quantitative estimate of drug-likeness (QED) is 0.567. The summed E-state index contributed by atoms with van der Waals surface area (Å²) in [7, 11) is -3.67. The normalized spacial score (nSPS) is 13.3. The number of hydrogen-bond acceptors (Lipinski definition) is 3. The minimum absolute atomic E-state index is 0.337. The molecule has 0 fully saturated rings. The number of nitrogens with zero attached hydrogens (tertiary/aromatic N) is 1. The molecule has 1 amide bonds. The van der Waals surface area contributed by atoms with Crippen molar-refractivity contribution in [1.82, 2.24) is 5.32 Å². The van der Waals surface area contributed by atoms with Crippen LogP contribution in [0.4, 0.5) is 5.69 Å². The van der Waals surface area contributed by atoms with Crippen molar-refractivity contribution in [2.75, 3.05) is 10.6 Å². The number of carbonyl (C=O) groups excluding carboxylic acids is 1. The molecule has 5 nitrogen and oxygen atoms in total. The number of rotatable bonds is 8. The largest absolute Gasteiger partial charge is 0.343 e. The van der Waals surface area contributed by atoms with E-state index in [2.05, 4.69) is 5.32 Å². The van der Waals surface area contributed by atoms with Crippen molar-refractivity contribution in [3.63, 3.8) is 0 Å². The Balaban J connectivity index is 1.98. The van der Waals surface area contributed by atoms with E-state index in [1.807, 2.05) is 74.5 Å². The second-order valence-electron chi connectivity index (χ2n) is 7.58. The van der Waals surface area contributed by atoms with Gasteiger partial charge in [-0.15, -0.1) is 0 Å². The average molecular weight is 437 g/mol. The number of anilines is 1. The minimum atomic E-state index is -3.67. The maximum Gasteiger partial charge on any atom is 0.244 e. The van der Waals surface area contributed by atoms with Crippen LogP contribution in [0.2, 0.25) is 0 Å². The molecule has 0 aromatic heterocycles. The maximum absolute atomic E-state index is 13.4. The fourth-order valence-corrected chi connectivity index (χ4v) is 4.85. The smallest absolute Gasteiger partial charge is 0.244 e. The van der Waals surface area contributed by atoms with Gasteiger partial charge in [-0.3, -0.25) is 9.10 Å². The topological polar surface area (TPSA) is 66.5 Å². The molecular formula is C25H28N2O3S. The van der Waals surface area contributed by atoms with E-state index in [-0.39, 0.29) is 11.9 Å². The molecule has 1 N–H and O–H groups in total. The average Bonchev–Trinajstić information content (AvgIpc) is 2.76. The van der Waals surface area contributed by atoms with Crippen LogP contribution in [-0.4, -0.2) is 26.6 Å². The first-order chi connectivity index (χ1) is 14.8. The van der Waals surface area contributed by atoms with E-state index < -0.39 is 16.1 Å². The molecule has 0 radical (unpaired) electrons. The van der Waals surface area contributed by atoms with Crippen LogP contribution in [0.5, 0.6) is 0 Å². The zero-order valence-corrected chi connectivity index (χ0v) is 18.8. The third-order valence-electron chi connectivity index (χ3n) is 5.17. The summed E-state index contributed by atoms with van der Waals surface area (Å²) in [6.45, 7) is 3.83. The molecule has 0 aliphatic carbocycles. The number of para-hydroxylation sites is 1. The predicted molar refractivity (Wildman–Crippen MR) is 125 cm³/mol. The van der Waals surface area contributed by atoms with Crippen LogP contribution >= 0.6 is 0 Å². The lowest BCUT2D eigenvalue weighted by molar-refractivity contribution is -0.122. The lowest BCUT2D eigenvalue weighted by atomic mass is 9.97. The molecule has 3 rings (SSSR count). The van der Waals surface area contributed by atoms with Crippen LogP contribution in [-0.2, 0) is 14.8 Å². The van der Waals surface area contributed by atoms with E-state index >= 15 is 0 Å². The molecule has 162 valence electrons. The third kappa shape index (κ3) is 5.52. The predicted octanol–water partition coefficient (Wildman–Crippen LogP) is 4.45. The van der Waals surface area contributed by atoms with Crippen LogP contribution < -0.4 is 9.62 Å². The summed E-state index contributed by atoms with van der Waals surface area (Å²) in [6, 6.07) is 25.1. The molecule has 2 atom stereocenters. The van der Waals surface area contributed by atoms with Gasteiger partial charge in [-0.2, -0.15) is 0 Å². The van der Waals surface area contributed by atoms with Crippen molar-refractivity contribution >= 4 is 21.6 Å². The molecule has 0 saturated heterocycles. The Morgan fingerprint density at radius 2 is 1.39 bits per heavy atom. The van der Waals surface area contributed by atoms with E-state index in [9.17, 15) is 13.2 Å². The molecule has 0 spiro atoms. The minimum Gasteiger partial charge on any atom is -0.343 e. The van der Waals surface area contributed by atoms with Crippen molar-refractivity contribution in [1.29, 1.82) is 0 Å². The first-order valence-corrected chi connectivity index (χ1v) is 12.1. The monoisotopic (exact) mass is 436 g/mol. The number of hydrogen-bond donors (Lipinski definition) is 1. The first-order valence-electron chi connectivity index (χ1n) is 10.3. The van der Waals surface area contributed by atoms with Gasteiger partial charge in [0.2, 0.25) is 15.9 Å². The van der Waals surface area contributed by atoms with Crippen molar-refractivity contribution in [3.8, 4) is 0 Å². The molecule has 0 saturated carbocycles. The van der Waals surface area contributed by atoms with Crippen molar-refractivity contribution < 1.29 is 13.2 Å². The Labute approximate surface area is 184 Å². The fourth-order valence-electron chi connectivity index (χ4n) is 3.64. The number of nitrogens with one attached hydrogen (secondary N) is 1. The molecule has 0 aliphatic rings. The zero-order valence-electron chi connectivity index (χ0n) is 18.0. The SMILES string of the molecule is CC[C@@H](C(=O)N[C@@H](c1ccccc1)c1ccc(C)cc1)N(c1ccccc1)S(C)(=O)=O. The molecule has 0 heterocycles. The van der Waals surface area contributed by atoms with Crippen LogP contribution in [0.3, 0.4) is 0 Å². The number of benzene rings is 3. The van der Waals surface area contributed by atoms with E-state index in [4.69, 9.17) is 0 Å². The second-order valence-corrected chi connectivity index (χ2v) is 9.44. The van der Waals surface area contributed by atoms with E-state index in [0.29, 0.717) is 12.1 Å². The van der Waals surface area contributed by atoms with Gasteiger partial charge in [0.05, 0.1) is 18.0 Å². The van der Waals surface area contributed by atoms with Gasteiger partial charge in [-0.1, -0.05) is 85.3 Å². The van der Waals surface area contributed by atoms with Gasteiger partial charge < -0.3 is 5.32 Å². The van der Waals surface area contributed by atoms with Crippen LogP contribution in [0, 0.1) is 6.92 Å². The van der Waals surface area contributed by atoms with Gasteiger partial charge in [0.25, 0.3) is 0 Å². The molecule has 31 heavy (non-hydrogen) atoms. The van der Waals surface area contributed by atoms with Gasteiger partial charge in [0, 0.05) is 0 Å². The highest BCUT2D eigenvalue weighted by molar-refractivity contribution is 7.92. The Bertz CT molecular complexity index is 1100. The number of aryl methyl sites for hydroxylation is 1. The third-order valence-corrected chi connectivity index (χ3v) is 6.35. The number of amides is 1. The van der Waals surface area contributed by atoms with Crippen LogP contribution in [0.1, 0.15) is 36.1 Å². The molecule has 0 aliphatic heterocycles. The fraction of sp³-hybridized carbons (Fsp3) is 0.240. The van der Waals surface area contributed by atoms with Gasteiger partial charge >= 0.3 is 0 Å². The Hall–Kier alpha value is -3.12. The first kappa shape index (κ1) is 22.6. The Morgan fingerprint density at radius 3 is 1.90 bits per heavy atom. The van der Waals surface area contributed by atoms with Crippen LogP contribution in [0.15, 0.2) is 84.9 Å². The lowest BCUT2D eigenvalue weighted by Crippen LogP contribution is -2.50. The molecular weight excluding hydrogens is 408 g/mol. The molecule has 3 aromatic rings. The summed E-state index contributed by atoms with van der Waals surface area (Å²) in [4.78, 5) is 13.4.